The van der Waals surface area contributed by atoms with E-state index in [9.17, 15) is 8.42 Å². The molecule has 1 fully saturated rings. The summed E-state index contributed by atoms with van der Waals surface area (Å²) in [6.07, 6.45) is 3.36. The summed E-state index contributed by atoms with van der Waals surface area (Å²) in [7, 11) is 0.934. The molecule has 0 amide bonds. The highest BCUT2D eigenvalue weighted by Gasteiger charge is 2.22. The standard InChI is InChI=1S/C29H38ClN7O4S/c1-35(2)42(38,39)27-7-5-4-6-24(27)32-28-23(30)20-31-29(34-28)33-25-18-21-8-10-36(11-9-22(21)19-26(25)40-3)12-13-37-14-16-41-17-15-37/h4-7,18-20H,8-17H2,1-3H3,(H2,31,32,33,34). The van der Waals surface area contributed by atoms with Gasteiger partial charge in [0, 0.05) is 53.4 Å². The van der Waals surface area contributed by atoms with Crippen molar-refractivity contribution in [3.63, 3.8) is 0 Å². The van der Waals surface area contributed by atoms with Crippen LogP contribution in [0.1, 0.15) is 11.1 Å². The number of ether oxygens (including phenoxy) is 2. The van der Waals surface area contributed by atoms with Gasteiger partial charge in [-0.15, -0.1) is 0 Å². The summed E-state index contributed by atoms with van der Waals surface area (Å²) < 4.78 is 38.1. The number of anilines is 4. The maximum Gasteiger partial charge on any atom is 0.244 e. The van der Waals surface area contributed by atoms with Crippen LogP contribution in [-0.4, -0.2) is 106 Å². The van der Waals surface area contributed by atoms with E-state index in [1.165, 1.54) is 37.5 Å². The zero-order chi connectivity index (χ0) is 29.7. The van der Waals surface area contributed by atoms with E-state index in [0.717, 1.165) is 75.3 Å². The summed E-state index contributed by atoms with van der Waals surface area (Å²) in [6.45, 7) is 7.76. The summed E-state index contributed by atoms with van der Waals surface area (Å²) in [5.41, 5.74) is 3.66. The molecule has 2 N–H and O–H groups in total. The van der Waals surface area contributed by atoms with Crippen LogP contribution in [0.25, 0.3) is 0 Å². The number of halogens is 1. The van der Waals surface area contributed by atoms with Crippen molar-refractivity contribution in [2.75, 3.05) is 84.3 Å². The summed E-state index contributed by atoms with van der Waals surface area (Å²) in [5, 5.41) is 6.62. The average molecular weight is 616 g/mol. The monoisotopic (exact) mass is 615 g/mol. The number of nitrogens with one attached hydrogen (secondary N) is 2. The lowest BCUT2D eigenvalue weighted by Gasteiger charge is -2.29. The Morgan fingerprint density at radius 1 is 0.976 bits per heavy atom. The fraction of sp³-hybridized carbons (Fsp3) is 0.448. The van der Waals surface area contributed by atoms with Crippen LogP contribution in [0.5, 0.6) is 5.75 Å². The van der Waals surface area contributed by atoms with Gasteiger partial charge in [-0.3, -0.25) is 4.90 Å². The maximum atomic E-state index is 12.9. The third-order valence-corrected chi connectivity index (χ3v) is 9.79. The van der Waals surface area contributed by atoms with Crippen LogP contribution in [0.3, 0.4) is 0 Å². The summed E-state index contributed by atoms with van der Waals surface area (Å²) in [4.78, 5) is 14.1. The van der Waals surface area contributed by atoms with Crippen LogP contribution in [0.15, 0.2) is 47.5 Å². The second kappa shape index (κ2) is 13.5. The first-order chi connectivity index (χ1) is 20.2. The first-order valence-electron chi connectivity index (χ1n) is 14.0. The van der Waals surface area contributed by atoms with E-state index in [0.29, 0.717) is 17.4 Å². The van der Waals surface area contributed by atoms with Crippen molar-refractivity contribution in [1.82, 2.24) is 24.1 Å². The highest BCUT2D eigenvalue weighted by molar-refractivity contribution is 7.89. The van der Waals surface area contributed by atoms with Gasteiger partial charge in [-0.05, 0) is 48.2 Å². The molecule has 0 unspecified atom stereocenters. The lowest BCUT2D eigenvalue weighted by molar-refractivity contribution is 0.0335. The van der Waals surface area contributed by atoms with Crippen LogP contribution in [0, 0.1) is 0 Å². The fourth-order valence-electron chi connectivity index (χ4n) is 5.15. The Balaban J connectivity index is 1.32. The lowest BCUT2D eigenvalue weighted by atomic mass is 10.0. The number of aromatic nitrogens is 2. The minimum atomic E-state index is -3.69. The third kappa shape index (κ3) is 7.13. The largest absolute Gasteiger partial charge is 0.495 e. The van der Waals surface area contributed by atoms with Gasteiger partial charge in [-0.1, -0.05) is 23.7 Å². The van der Waals surface area contributed by atoms with Gasteiger partial charge in [-0.2, -0.15) is 4.98 Å². The number of benzene rings is 2. The zero-order valence-electron chi connectivity index (χ0n) is 24.3. The van der Waals surface area contributed by atoms with Crippen LogP contribution >= 0.6 is 11.6 Å². The predicted molar refractivity (Wildman–Crippen MR) is 165 cm³/mol. The molecule has 5 rings (SSSR count). The van der Waals surface area contributed by atoms with Crippen molar-refractivity contribution in [1.29, 1.82) is 0 Å². The van der Waals surface area contributed by atoms with Crippen molar-refractivity contribution >= 4 is 44.8 Å². The Morgan fingerprint density at radius 2 is 1.64 bits per heavy atom. The molecule has 3 heterocycles. The van der Waals surface area contributed by atoms with Crippen LogP contribution in [0.4, 0.5) is 23.1 Å². The summed E-state index contributed by atoms with van der Waals surface area (Å²) in [6, 6.07) is 10.8. The number of fused-ring (bicyclic) bond motifs is 1. The number of methoxy groups -OCH3 is 1. The van der Waals surface area contributed by atoms with Crippen molar-refractivity contribution < 1.29 is 17.9 Å². The second-order valence-corrected chi connectivity index (χ2v) is 13.1. The molecule has 1 aromatic heterocycles. The molecule has 2 aliphatic heterocycles. The molecule has 226 valence electrons. The van der Waals surface area contributed by atoms with Gasteiger partial charge in [0.2, 0.25) is 16.0 Å². The number of morpholine rings is 1. The Hall–Kier alpha value is -3.00. The van der Waals surface area contributed by atoms with Gasteiger partial charge >= 0.3 is 0 Å². The minimum absolute atomic E-state index is 0.116. The molecule has 11 nitrogen and oxygen atoms in total. The molecule has 0 bridgehead atoms. The Kier molecular flexibility index (Phi) is 9.81. The predicted octanol–water partition coefficient (Wildman–Crippen LogP) is 3.61. The van der Waals surface area contributed by atoms with Crippen LogP contribution < -0.4 is 15.4 Å². The number of sulfonamides is 1. The molecule has 0 atom stereocenters. The second-order valence-electron chi connectivity index (χ2n) is 10.5. The molecular formula is C29H38ClN7O4S. The van der Waals surface area contributed by atoms with Gasteiger partial charge in [0.05, 0.1) is 37.9 Å². The van der Waals surface area contributed by atoms with Crippen LogP contribution in [0.2, 0.25) is 5.02 Å². The Labute approximate surface area is 252 Å². The zero-order valence-corrected chi connectivity index (χ0v) is 25.8. The smallest absolute Gasteiger partial charge is 0.244 e. The highest BCUT2D eigenvalue weighted by atomic mass is 35.5. The van der Waals surface area contributed by atoms with Crippen molar-refractivity contribution in [3.8, 4) is 5.75 Å². The van der Waals surface area contributed by atoms with Crippen molar-refractivity contribution in [3.05, 3.63) is 58.7 Å². The number of hydrogen-bond donors (Lipinski definition) is 2. The highest BCUT2D eigenvalue weighted by Crippen LogP contribution is 2.34. The average Bonchev–Trinajstić information content (AvgIpc) is 3.19. The van der Waals surface area contributed by atoms with Gasteiger partial charge in [0.25, 0.3) is 0 Å². The number of nitrogens with zero attached hydrogens (tertiary/aromatic N) is 5. The molecule has 0 radical (unpaired) electrons. The normalized spacial score (nSPS) is 16.6. The summed E-state index contributed by atoms with van der Waals surface area (Å²) >= 11 is 6.42. The van der Waals surface area contributed by atoms with E-state index >= 15 is 0 Å². The van der Waals surface area contributed by atoms with Gasteiger partial charge in [-0.25, -0.2) is 17.7 Å². The van der Waals surface area contributed by atoms with Crippen molar-refractivity contribution in [2.45, 2.75) is 17.7 Å². The van der Waals surface area contributed by atoms with E-state index in [1.54, 1.807) is 25.3 Å². The molecule has 13 heteroatoms. The van der Waals surface area contributed by atoms with E-state index in [1.807, 2.05) is 0 Å². The van der Waals surface area contributed by atoms with Crippen LogP contribution in [-0.2, 0) is 27.6 Å². The Bertz CT molecular complexity index is 1500. The topological polar surface area (TPSA) is 112 Å². The first kappa shape index (κ1) is 30.5. The minimum Gasteiger partial charge on any atom is -0.495 e. The number of rotatable bonds is 10. The van der Waals surface area contributed by atoms with E-state index in [2.05, 4.69) is 42.5 Å². The lowest BCUT2D eigenvalue weighted by Crippen LogP contribution is -2.42. The molecule has 2 aliphatic rings. The fourth-order valence-corrected chi connectivity index (χ4v) is 6.33. The van der Waals surface area contributed by atoms with E-state index in [-0.39, 0.29) is 15.7 Å². The van der Waals surface area contributed by atoms with Gasteiger partial charge in [0.1, 0.15) is 15.7 Å². The maximum absolute atomic E-state index is 12.9. The Morgan fingerprint density at radius 3 is 2.33 bits per heavy atom. The van der Waals surface area contributed by atoms with E-state index in [4.69, 9.17) is 21.1 Å². The first-order valence-corrected chi connectivity index (χ1v) is 15.9. The third-order valence-electron chi connectivity index (χ3n) is 7.64. The number of hydrogen-bond acceptors (Lipinski definition) is 10. The molecule has 2 aromatic carbocycles. The van der Waals surface area contributed by atoms with E-state index < -0.39 is 10.0 Å². The SMILES string of the molecule is COc1cc2c(cc1Nc1ncc(Cl)c(Nc3ccccc3S(=O)(=O)N(C)C)n1)CCN(CCN1CCOCC1)CC2. The van der Waals surface area contributed by atoms with Crippen molar-refractivity contribution in [2.24, 2.45) is 0 Å². The molecule has 42 heavy (non-hydrogen) atoms. The molecular weight excluding hydrogens is 578 g/mol. The van der Waals surface area contributed by atoms with Gasteiger partial charge in [0.15, 0.2) is 5.82 Å². The summed E-state index contributed by atoms with van der Waals surface area (Å²) in [5.74, 6) is 1.28. The van der Waals surface area contributed by atoms with Gasteiger partial charge < -0.3 is 25.0 Å². The quantitative estimate of drug-likeness (QED) is 0.351. The molecule has 0 saturated carbocycles. The molecule has 0 spiro atoms. The number of para-hydroxylation sites is 1. The molecule has 3 aromatic rings. The molecule has 0 aliphatic carbocycles. The molecule has 1 saturated heterocycles.